The lowest BCUT2D eigenvalue weighted by Gasteiger charge is -2.44. The third kappa shape index (κ3) is 3.64. The Morgan fingerprint density at radius 3 is 2.59 bits per heavy atom. The highest BCUT2D eigenvalue weighted by atomic mass is 16.5. The molecule has 0 unspecified atom stereocenters. The topological polar surface area (TPSA) is 67.6 Å². The predicted octanol–water partition coefficient (Wildman–Crippen LogP) is 2.12. The lowest BCUT2D eigenvalue weighted by Crippen LogP contribution is -2.53. The SMILES string of the molecule is COc1ccccc1CN1[C@H]2CC[C@H]1CC(O)(Cn1nc(C)ccc1=O)C2. The maximum absolute atomic E-state index is 12.1. The van der Waals surface area contributed by atoms with Crippen LogP contribution in [0.25, 0.3) is 0 Å². The molecule has 27 heavy (non-hydrogen) atoms. The van der Waals surface area contributed by atoms with Gasteiger partial charge in [-0.1, -0.05) is 18.2 Å². The standard InChI is InChI=1S/C21H27N3O3/c1-15-7-10-20(25)24(22-15)14-21(26)11-17-8-9-18(12-21)23(17)13-16-5-3-4-6-19(16)27-2/h3-7,10,17-18,26H,8-9,11-14H2,1-2H3/t17-,18-/m0/s1. The van der Waals surface area contributed by atoms with E-state index in [0.29, 0.717) is 24.9 Å². The molecule has 6 nitrogen and oxygen atoms in total. The van der Waals surface area contributed by atoms with Gasteiger partial charge in [0.2, 0.25) is 0 Å². The molecule has 0 spiro atoms. The Kier molecular flexibility index (Phi) is 4.78. The van der Waals surface area contributed by atoms with Gasteiger partial charge >= 0.3 is 0 Å². The molecule has 0 radical (unpaired) electrons. The van der Waals surface area contributed by atoms with Gasteiger partial charge in [-0.2, -0.15) is 5.10 Å². The maximum atomic E-state index is 12.1. The largest absolute Gasteiger partial charge is 0.496 e. The molecule has 0 aliphatic carbocycles. The first kappa shape index (κ1) is 18.2. The van der Waals surface area contributed by atoms with Gasteiger partial charge in [0.15, 0.2) is 0 Å². The number of hydrogen-bond acceptors (Lipinski definition) is 5. The van der Waals surface area contributed by atoms with E-state index < -0.39 is 5.60 Å². The Bertz CT molecular complexity index is 865. The van der Waals surface area contributed by atoms with E-state index in [4.69, 9.17) is 4.74 Å². The van der Waals surface area contributed by atoms with Gasteiger partial charge in [-0.15, -0.1) is 0 Å². The van der Waals surface area contributed by atoms with Crippen LogP contribution in [0.3, 0.4) is 0 Å². The van der Waals surface area contributed by atoms with Crippen molar-refractivity contribution in [2.75, 3.05) is 7.11 Å². The average molecular weight is 369 g/mol. The summed E-state index contributed by atoms with van der Waals surface area (Å²) in [5.41, 5.74) is 0.930. The molecule has 1 N–H and O–H groups in total. The molecule has 2 bridgehead atoms. The van der Waals surface area contributed by atoms with Gasteiger partial charge in [0, 0.05) is 30.3 Å². The summed E-state index contributed by atoms with van der Waals surface area (Å²) in [4.78, 5) is 14.6. The zero-order valence-corrected chi connectivity index (χ0v) is 16.0. The summed E-state index contributed by atoms with van der Waals surface area (Å²) in [7, 11) is 1.70. The highest BCUT2D eigenvalue weighted by Gasteiger charge is 2.47. The summed E-state index contributed by atoms with van der Waals surface area (Å²) < 4.78 is 6.92. The minimum atomic E-state index is -0.881. The van der Waals surface area contributed by atoms with Crippen LogP contribution >= 0.6 is 0 Å². The summed E-state index contributed by atoms with van der Waals surface area (Å²) in [6, 6.07) is 12.0. The fourth-order valence-electron chi connectivity index (χ4n) is 4.77. The van der Waals surface area contributed by atoms with Crippen LogP contribution in [0, 0.1) is 6.92 Å². The first-order valence-corrected chi connectivity index (χ1v) is 9.62. The fourth-order valence-corrected chi connectivity index (χ4v) is 4.77. The molecule has 2 aliphatic heterocycles. The molecule has 2 atom stereocenters. The highest BCUT2D eigenvalue weighted by Crippen LogP contribution is 2.42. The monoisotopic (exact) mass is 369 g/mol. The Balaban J connectivity index is 1.51. The van der Waals surface area contributed by atoms with Crippen LogP contribution in [-0.4, -0.2) is 44.6 Å². The summed E-state index contributed by atoms with van der Waals surface area (Å²) in [5, 5.41) is 15.6. The van der Waals surface area contributed by atoms with E-state index in [9.17, 15) is 9.90 Å². The predicted molar refractivity (Wildman–Crippen MR) is 103 cm³/mol. The highest BCUT2D eigenvalue weighted by molar-refractivity contribution is 5.33. The summed E-state index contributed by atoms with van der Waals surface area (Å²) in [6.45, 7) is 2.96. The first-order chi connectivity index (χ1) is 13.0. The quantitative estimate of drug-likeness (QED) is 0.874. The normalized spacial score (nSPS) is 27.7. The van der Waals surface area contributed by atoms with Gasteiger partial charge in [0.05, 0.1) is 24.9 Å². The third-order valence-electron chi connectivity index (χ3n) is 5.99. The molecular weight excluding hydrogens is 342 g/mol. The number of aromatic nitrogens is 2. The molecule has 6 heteroatoms. The van der Waals surface area contributed by atoms with Crippen LogP contribution in [0.5, 0.6) is 5.75 Å². The van der Waals surface area contributed by atoms with E-state index >= 15 is 0 Å². The number of benzene rings is 1. The van der Waals surface area contributed by atoms with Crippen molar-refractivity contribution in [3.63, 3.8) is 0 Å². The summed E-state index contributed by atoms with van der Waals surface area (Å²) >= 11 is 0. The number of para-hydroxylation sites is 1. The van der Waals surface area contributed by atoms with E-state index in [1.54, 1.807) is 13.2 Å². The van der Waals surface area contributed by atoms with Gasteiger partial charge < -0.3 is 9.84 Å². The second kappa shape index (κ2) is 7.09. The molecule has 3 heterocycles. The van der Waals surface area contributed by atoms with Gasteiger partial charge in [0.25, 0.3) is 5.56 Å². The minimum Gasteiger partial charge on any atom is -0.496 e. The number of rotatable bonds is 5. The lowest BCUT2D eigenvalue weighted by atomic mass is 9.85. The number of hydrogen-bond donors (Lipinski definition) is 1. The third-order valence-corrected chi connectivity index (χ3v) is 5.99. The van der Waals surface area contributed by atoms with Crippen LogP contribution in [0.4, 0.5) is 0 Å². The Morgan fingerprint density at radius 1 is 1.19 bits per heavy atom. The van der Waals surface area contributed by atoms with Crippen molar-refractivity contribution in [3.8, 4) is 5.75 Å². The number of aryl methyl sites for hydroxylation is 1. The van der Waals surface area contributed by atoms with Crippen molar-refractivity contribution >= 4 is 0 Å². The number of methoxy groups -OCH3 is 1. The smallest absolute Gasteiger partial charge is 0.266 e. The van der Waals surface area contributed by atoms with Crippen molar-refractivity contribution in [2.45, 2.75) is 63.4 Å². The second-order valence-electron chi connectivity index (χ2n) is 7.97. The van der Waals surface area contributed by atoms with Crippen LogP contribution in [0.15, 0.2) is 41.2 Å². The fraction of sp³-hybridized carbons (Fsp3) is 0.524. The summed E-state index contributed by atoms with van der Waals surface area (Å²) in [5.74, 6) is 0.910. The summed E-state index contributed by atoms with van der Waals surface area (Å²) in [6.07, 6.45) is 3.50. The lowest BCUT2D eigenvalue weighted by molar-refractivity contribution is -0.0678. The molecule has 0 saturated carbocycles. The van der Waals surface area contributed by atoms with Crippen molar-refractivity contribution in [3.05, 3.63) is 58.0 Å². The van der Waals surface area contributed by atoms with Gasteiger partial charge in [-0.3, -0.25) is 9.69 Å². The molecule has 2 saturated heterocycles. The van der Waals surface area contributed by atoms with Crippen molar-refractivity contribution in [1.82, 2.24) is 14.7 Å². The Labute approximate surface area is 159 Å². The Hall–Kier alpha value is -2.18. The number of ether oxygens (including phenoxy) is 1. The van der Waals surface area contributed by atoms with Crippen LogP contribution in [0.2, 0.25) is 0 Å². The first-order valence-electron chi connectivity index (χ1n) is 9.62. The molecule has 144 valence electrons. The number of nitrogens with zero attached hydrogens (tertiary/aromatic N) is 3. The van der Waals surface area contributed by atoms with Gasteiger partial charge in [-0.25, -0.2) is 4.68 Å². The molecule has 2 aliphatic rings. The average Bonchev–Trinajstić information content (AvgIpc) is 2.89. The van der Waals surface area contributed by atoms with Crippen molar-refractivity contribution in [1.29, 1.82) is 0 Å². The van der Waals surface area contributed by atoms with Crippen LogP contribution in [0.1, 0.15) is 36.9 Å². The van der Waals surface area contributed by atoms with Crippen LogP contribution in [-0.2, 0) is 13.1 Å². The Morgan fingerprint density at radius 2 is 1.89 bits per heavy atom. The van der Waals surface area contributed by atoms with Crippen LogP contribution < -0.4 is 10.3 Å². The molecule has 2 aromatic rings. The van der Waals surface area contributed by atoms with Gasteiger partial charge in [0.1, 0.15) is 5.75 Å². The minimum absolute atomic E-state index is 0.155. The van der Waals surface area contributed by atoms with Crippen molar-refractivity contribution in [2.24, 2.45) is 0 Å². The molecule has 1 aromatic carbocycles. The van der Waals surface area contributed by atoms with E-state index in [0.717, 1.165) is 30.8 Å². The number of aliphatic hydroxyl groups is 1. The molecule has 2 fully saturated rings. The molecule has 1 aromatic heterocycles. The van der Waals surface area contributed by atoms with E-state index in [-0.39, 0.29) is 12.1 Å². The molecule has 0 amide bonds. The number of fused-ring (bicyclic) bond motifs is 2. The van der Waals surface area contributed by atoms with Gasteiger partial charge in [-0.05, 0) is 44.7 Å². The molecule has 4 rings (SSSR count). The maximum Gasteiger partial charge on any atom is 0.266 e. The zero-order valence-electron chi connectivity index (χ0n) is 16.0. The van der Waals surface area contributed by atoms with Crippen molar-refractivity contribution < 1.29 is 9.84 Å². The van der Waals surface area contributed by atoms with E-state index in [1.165, 1.54) is 16.3 Å². The number of piperidine rings is 1. The molecular formula is C21H27N3O3. The zero-order chi connectivity index (χ0) is 19.0. The second-order valence-corrected chi connectivity index (χ2v) is 7.97. The van der Waals surface area contributed by atoms with E-state index in [1.807, 2.05) is 25.1 Å². The van der Waals surface area contributed by atoms with E-state index in [2.05, 4.69) is 16.1 Å².